The highest BCUT2D eigenvalue weighted by molar-refractivity contribution is 7.85. The van der Waals surface area contributed by atoms with E-state index in [1.165, 1.54) is 23.0 Å². The Morgan fingerprint density at radius 2 is 2.03 bits per heavy atom. The SMILES string of the molecule is CCc1cccc(S(=O)c2ccc(Nc3nc4c(OC(C)C)c(-c5cn[nH]c5)ncn4n3)c(F)c2)c1. The molecule has 36 heavy (non-hydrogen) atoms. The van der Waals surface area contributed by atoms with Gasteiger partial charge in [-0.15, -0.1) is 5.10 Å². The summed E-state index contributed by atoms with van der Waals surface area (Å²) in [5, 5.41) is 14.0. The van der Waals surface area contributed by atoms with Gasteiger partial charge >= 0.3 is 0 Å². The van der Waals surface area contributed by atoms with E-state index in [1.54, 1.807) is 24.5 Å². The number of fused-ring (bicyclic) bond motifs is 1. The third-order valence-electron chi connectivity index (χ3n) is 5.39. The summed E-state index contributed by atoms with van der Waals surface area (Å²) in [7, 11) is -1.50. The van der Waals surface area contributed by atoms with E-state index >= 15 is 4.39 Å². The molecule has 5 rings (SSSR count). The van der Waals surface area contributed by atoms with Crippen molar-refractivity contribution < 1.29 is 13.3 Å². The number of anilines is 2. The number of aromatic nitrogens is 6. The van der Waals surface area contributed by atoms with Gasteiger partial charge in [-0.1, -0.05) is 19.1 Å². The maximum Gasteiger partial charge on any atom is 0.247 e. The van der Waals surface area contributed by atoms with Crippen LogP contribution in [0.25, 0.3) is 16.9 Å². The Morgan fingerprint density at radius 1 is 1.19 bits per heavy atom. The van der Waals surface area contributed by atoms with E-state index in [2.05, 4.69) is 30.6 Å². The van der Waals surface area contributed by atoms with Crippen LogP contribution >= 0.6 is 0 Å². The molecule has 0 amide bonds. The highest BCUT2D eigenvalue weighted by Gasteiger charge is 2.19. The number of hydrogen-bond donors (Lipinski definition) is 2. The van der Waals surface area contributed by atoms with Gasteiger partial charge in [0.2, 0.25) is 11.6 Å². The lowest BCUT2D eigenvalue weighted by Gasteiger charge is -2.12. The van der Waals surface area contributed by atoms with Crippen LogP contribution in [-0.4, -0.2) is 40.1 Å². The maximum absolute atomic E-state index is 15.0. The van der Waals surface area contributed by atoms with Gasteiger partial charge in [-0.2, -0.15) is 14.6 Å². The second-order valence-electron chi connectivity index (χ2n) is 8.32. The summed E-state index contributed by atoms with van der Waals surface area (Å²) in [6.07, 6.45) is 5.55. The molecule has 2 N–H and O–H groups in total. The van der Waals surface area contributed by atoms with E-state index in [0.29, 0.717) is 26.9 Å². The Morgan fingerprint density at radius 3 is 2.75 bits per heavy atom. The predicted octanol–water partition coefficient (Wildman–Crippen LogP) is 4.91. The molecule has 3 aromatic heterocycles. The van der Waals surface area contributed by atoms with Crippen LogP contribution in [0.1, 0.15) is 26.3 Å². The van der Waals surface area contributed by atoms with Crippen molar-refractivity contribution in [1.29, 1.82) is 0 Å². The molecule has 0 bridgehead atoms. The Bertz CT molecular complexity index is 1550. The Balaban J connectivity index is 1.45. The van der Waals surface area contributed by atoms with Crippen LogP contribution in [0.15, 0.2) is 71.0 Å². The Labute approximate surface area is 209 Å². The summed E-state index contributed by atoms with van der Waals surface area (Å²) in [4.78, 5) is 9.97. The molecule has 0 saturated carbocycles. The number of ether oxygens (including phenoxy) is 1. The zero-order valence-corrected chi connectivity index (χ0v) is 20.7. The first-order chi connectivity index (χ1) is 17.4. The smallest absolute Gasteiger partial charge is 0.247 e. The minimum absolute atomic E-state index is 0.138. The second-order valence-corrected chi connectivity index (χ2v) is 9.80. The molecule has 1 atom stereocenters. The Hall–Kier alpha value is -4.12. The van der Waals surface area contributed by atoms with Crippen LogP contribution < -0.4 is 10.1 Å². The van der Waals surface area contributed by atoms with Gasteiger partial charge < -0.3 is 10.1 Å². The van der Waals surface area contributed by atoms with Gasteiger partial charge in [0, 0.05) is 21.6 Å². The van der Waals surface area contributed by atoms with E-state index in [9.17, 15) is 4.21 Å². The molecule has 3 heterocycles. The minimum Gasteiger partial charge on any atom is -0.485 e. The van der Waals surface area contributed by atoms with Crippen molar-refractivity contribution in [2.24, 2.45) is 0 Å². The highest BCUT2D eigenvalue weighted by atomic mass is 32.2. The average Bonchev–Trinajstić information content (AvgIpc) is 3.55. The molecule has 0 saturated heterocycles. The van der Waals surface area contributed by atoms with Crippen molar-refractivity contribution >= 4 is 28.1 Å². The minimum atomic E-state index is -1.50. The maximum atomic E-state index is 15.0. The lowest BCUT2D eigenvalue weighted by Crippen LogP contribution is -2.09. The number of halogens is 1. The molecule has 11 heteroatoms. The highest BCUT2D eigenvalue weighted by Crippen LogP contribution is 2.32. The average molecular weight is 506 g/mol. The van der Waals surface area contributed by atoms with E-state index in [4.69, 9.17) is 4.74 Å². The molecule has 184 valence electrons. The van der Waals surface area contributed by atoms with E-state index < -0.39 is 16.6 Å². The van der Waals surface area contributed by atoms with Crippen LogP contribution in [0.5, 0.6) is 5.75 Å². The summed E-state index contributed by atoms with van der Waals surface area (Å²) in [6.45, 7) is 5.83. The first-order valence-corrected chi connectivity index (χ1v) is 12.6. The van der Waals surface area contributed by atoms with Crippen molar-refractivity contribution in [1.82, 2.24) is 29.8 Å². The lowest BCUT2D eigenvalue weighted by molar-refractivity contribution is 0.244. The molecule has 1 unspecified atom stereocenters. The normalized spacial score (nSPS) is 12.2. The molecule has 9 nitrogen and oxygen atoms in total. The monoisotopic (exact) mass is 505 g/mol. The van der Waals surface area contributed by atoms with Gasteiger partial charge in [-0.05, 0) is 56.2 Å². The third kappa shape index (κ3) is 4.69. The van der Waals surface area contributed by atoms with Crippen LogP contribution in [0.3, 0.4) is 0 Å². The number of hydrogen-bond acceptors (Lipinski definition) is 7. The van der Waals surface area contributed by atoms with Gasteiger partial charge in [0.25, 0.3) is 0 Å². The van der Waals surface area contributed by atoms with Gasteiger partial charge in [0.1, 0.15) is 17.8 Å². The number of aryl methyl sites for hydroxylation is 1. The van der Waals surface area contributed by atoms with Gasteiger partial charge in [-0.3, -0.25) is 5.10 Å². The van der Waals surface area contributed by atoms with Crippen LogP contribution in [-0.2, 0) is 17.2 Å². The fourth-order valence-corrected chi connectivity index (χ4v) is 4.80. The van der Waals surface area contributed by atoms with Gasteiger partial charge in [0.05, 0.1) is 28.8 Å². The first-order valence-electron chi connectivity index (χ1n) is 11.4. The summed E-state index contributed by atoms with van der Waals surface area (Å²) in [6, 6.07) is 11.9. The van der Waals surface area contributed by atoms with E-state index in [-0.39, 0.29) is 17.7 Å². The van der Waals surface area contributed by atoms with Crippen molar-refractivity contribution in [2.75, 3.05) is 5.32 Å². The molecule has 5 aromatic rings. The molecule has 2 aromatic carbocycles. The van der Waals surface area contributed by atoms with E-state index in [0.717, 1.165) is 17.5 Å². The number of nitrogens with one attached hydrogen (secondary N) is 2. The third-order valence-corrected chi connectivity index (χ3v) is 6.76. The number of rotatable bonds is 8. The summed E-state index contributed by atoms with van der Waals surface area (Å²) < 4.78 is 35.5. The fourth-order valence-electron chi connectivity index (χ4n) is 3.67. The van der Waals surface area contributed by atoms with Crippen molar-refractivity contribution in [3.63, 3.8) is 0 Å². The van der Waals surface area contributed by atoms with Crippen LogP contribution in [0, 0.1) is 5.82 Å². The first kappa shape index (κ1) is 23.6. The second kappa shape index (κ2) is 9.86. The van der Waals surface area contributed by atoms with Crippen molar-refractivity contribution in [2.45, 2.75) is 43.1 Å². The fraction of sp³-hybridized carbons (Fsp3) is 0.200. The molecule has 0 spiro atoms. The largest absolute Gasteiger partial charge is 0.485 e. The van der Waals surface area contributed by atoms with Gasteiger partial charge in [0.15, 0.2) is 5.75 Å². The van der Waals surface area contributed by atoms with Crippen LogP contribution in [0.4, 0.5) is 16.0 Å². The molecule has 0 aliphatic heterocycles. The van der Waals surface area contributed by atoms with Crippen molar-refractivity contribution in [3.05, 3.63) is 72.6 Å². The molecular formula is C25H24FN7O2S. The molecule has 0 radical (unpaired) electrons. The number of benzene rings is 2. The van der Waals surface area contributed by atoms with E-state index in [1.807, 2.05) is 39.0 Å². The molecule has 0 fully saturated rings. The quantitative estimate of drug-likeness (QED) is 0.308. The summed E-state index contributed by atoms with van der Waals surface area (Å²) >= 11 is 0. The predicted molar refractivity (Wildman–Crippen MR) is 134 cm³/mol. The van der Waals surface area contributed by atoms with Gasteiger partial charge in [-0.25, -0.2) is 13.6 Å². The molecular weight excluding hydrogens is 481 g/mol. The number of nitrogens with zero attached hydrogens (tertiary/aromatic N) is 5. The zero-order valence-electron chi connectivity index (χ0n) is 19.9. The number of H-pyrrole nitrogens is 1. The lowest BCUT2D eigenvalue weighted by atomic mass is 10.2. The standard InChI is InChI=1S/C25H24FN7O2S/c1-4-16-6-5-7-18(10-16)36(34)19-8-9-21(20(26)11-19)30-25-31-24-23(35-15(2)3)22(17-12-28-29-13-17)27-14-33(24)32-25/h5-15H,4H2,1-3H3,(H,28,29)(H,30,32). The molecule has 0 aliphatic rings. The van der Waals surface area contributed by atoms with Crippen LogP contribution in [0.2, 0.25) is 0 Å². The number of aromatic amines is 1. The molecule has 0 aliphatic carbocycles. The summed E-state index contributed by atoms with van der Waals surface area (Å²) in [5.41, 5.74) is 2.96. The topological polar surface area (TPSA) is 110 Å². The van der Waals surface area contributed by atoms with Crippen molar-refractivity contribution in [3.8, 4) is 17.0 Å². The zero-order chi connectivity index (χ0) is 25.2. The summed E-state index contributed by atoms with van der Waals surface area (Å²) in [5.74, 6) is 0.0374. The Kier molecular flexibility index (Phi) is 6.47.